The van der Waals surface area contributed by atoms with E-state index in [2.05, 4.69) is 5.32 Å². The van der Waals surface area contributed by atoms with Crippen LogP contribution in [-0.2, 0) is 29.6 Å². The van der Waals surface area contributed by atoms with Gasteiger partial charge < -0.3 is 14.8 Å². The van der Waals surface area contributed by atoms with Gasteiger partial charge in [0.2, 0.25) is 26.0 Å². The molecular formula is C20H31N3O7S2. The van der Waals surface area contributed by atoms with Crippen molar-refractivity contribution in [2.24, 2.45) is 5.92 Å². The van der Waals surface area contributed by atoms with Gasteiger partial charge in [0.05, 0.1) is 30.5 Å². The molecule has 1 aromatic rings. The summed E-state index contributed by atoms with van der Waals surface area (Å²) in [6.07, 6.45) is 0.774. The summed E-state index contributed by atoms with van der Waals surface area (Å²) in [5, 5.41) is 2.69. The van der Waals surface area contributed by atoms with Gasteiger partial charge in [-0.1, -0.05) is 0 Å². The largest absolute Gasteiger partial charge is 0.494 e. The lowest BCUT2D eigenvalue weighted by Crippen LogP contribution is -2.45. The zero-order valence-corrected chi connectivity index (χ0v) is 19.9. The molecule has 0 spiro atoms. The molecule has 1 N–H and O–H groups in total. The van der Waals surface area contributed by atoms with Crippen molar-refractivity contribution in [3.8, 4) is 5.75 Å². The maximum atomic E-state index is 12.9. The third-order valence-electron chi connectivity index (χ3n) is 5.62. The van der Waals surface area contributed by atoms with E-state index in [0.29, 0.717) is 51.5 Å². The first-order valence-corrected chi connectivity index (χ1v) is 13.9. The van der Waals surface area contributed by atoms with Gasteiger partial charge in [-0.15, -0.1) is 0 Å². The van der Waals surface area contributed by atoms with Crippen LogP contribution in [0.15, 0.2) is 29.2 Å². The minimum atomic E-state index is -3.64. The van der Waals surface area contributed by atoms with E-state index in [4.69, 9.17) is 9.47 Å². The van der Waals surface area contributed by atoms with Gasteiger partial charge in [-0.05, 0) is 44.0 Å². The van der Waals surface area contributed by atoms with Crippen LogP contribution >= 0.6 is 0 Å². The van der Waals surface area contributed by atoms with Crippen LogP contribution in [0.3, 0.4) is 0 Å². The Balaban J connectivity index is 1.46. The molecule has 1 aromatic carbocycles. The van der Waals surface area contributed by atoms with Crippen LogP contribution in [0.4, 0.5) is 0 Å². The summed E-state index contributed by atoms with van der Waals surface area (Å²) in [4.78, 5) is 12.7. The van der Waals surface area contributed by atoms with E-state index < -0.39 is 20.0 Å². The predicted molar refractivity (Wildman–Crippen MR) is 118 cm³/mol. The Bertz CT molecular complexity index is 967. The quantitative estimate of drug-likeness (QED) is 0.528. The number of carbonyl (C=O) groups is 1. The van der Waals surface area contributed by atoms with Crippen molar-refractivity contribution < 1.29 is 31.1 Å². The highest BCUT2D eigenvalue weighted by Crippen LogP contribution is 2.25. The van der Waals surface area contributed by atoms with Crippen molar-refractivity contribution in [2.45, 2.75) is 24.7 Å². The molecule has 32 heavy (non-hydrogen) atoms. The molecule has 2 aliphatic rings. The van der Waals surface area contributed by atoms with E-state index in [1.165, 1.54) is 20.7 Å². The second-order valence-electron chi connectivity index (χ2n) is 7.70. The second-order valence-corrected chi connectivity index (χ2v) is 11.7. The fraction of sp³-hybridized carbons (Fsp3) is 0.650. The van der Waals surface area contributed by atoms with Crippen LogP contribution in [0.1, 0.15) is 19.8 Å². The SMILES string of the molecule is CCOc1ccc(S(=O)(=O)N2CCC(C(=O)NCCS(=O)(=O)N3CCOCC3)CC2)cc1. The van der Waals surface area contributed by atoms with Crippen molar-refractivity contribution in [1.82, 2.24) is 13.9 Å². The van der Waals surface area contributed by atoms with Crippen LogP contribution in [0.5, 0.6) is 5.75 Å². The Morgan fingerprint density at radius 2 is 1.66 bits per heavy atom. The first kappa shape index (κ1) is 24.9. The molecule has 0 unspecified atom stereocenters. The minimum absolute atomic E-state index is 0.0310. The normalized spacial score (nSPS) is 19.5. The molecule has 2 fully saturated rings. The average molecular weight is 490 g/mol. The van der Waals surface area contributed by atoms with Gasteiger partial charge in [-0.3, -0.25) is 4.79 Å². The molecule has 0 radical (unpaired) electrons. The van der Waals surface area contributed by atoms with Crippen molar-refractivity contribution in [2.75, 3.05) is 58.3 Å². The molecule has 12 heteroatoms. The summed E-state index contributed by atoms with van der Waals surface area (Å²) in [5.74, 6) is -0.130. The number of carbonyl (C=O) groups excluding carboxylic acids is 1. The summed E-state index contributed by atoms with van der Waals surface area (Å²) in [6.45, 7) is 4.28. The van der Waals surface area contributed by atoms with E-state index in [-0.39, 0.29) is 42.1 Å². The van der Waals surface area contributed by atoms with Crippen LogP contribution in [0, 0.1) is 5.92 Å². The highest BCUT2D eigenvalue weighted by molar-refractivity contribution is 7.89. The highest BCUT2D eigenvalue weighted by Gasteiger charge is 2.32. The molecular weight excluding hydrogens is 458 g/mol. The van der Waals surface area contributed by atoms with E-state index >= 15 is 0 Å². The maximum absolute atomic E-state index is 12.9. The third-order valence-corrected chi connectivity index (χ3v) is 9.40. The Morgan fingerprint density at radius 3 is 2.25 bits per heavy atom. The number of hydrogen-bond donors (Lipinski definition) is 1. The molecule has 180 valence electrons. The van der Waals surface area contributed by atoms with Gasteiger partial charge in [0.25, 0.3) is 0 Å². The molecule has 0 aliphatic carbocycles. The summed E-state index contributed by atoms with van der Waals surface area (Å²) >= 11 is 0. The Kier molecular flexibility index (Phi) is 8.50. The lowest BCUT2D eigenvalue weighted by molar-refractivity contribution is -0.125. The van der Waals surface area contributed by atoms with Crippen molar-refractivity contribution in [3.05, 3.63) is 24.3 Å². The first-order valence-electron chi connectivity index (χ1n) is 10.8. The number of sulfonamides is 2. The van der Waals surface area contributed by atoms with Crippen LogP contribution < -0.4 is 10.1 Å². The van der Waals surface area contributed by atoms with Gasteiger partial charge in [0.1, 0.15) is 5.75 Å². The van der Waals surface area contributed by atoms with Crippen LogP contribution in [-0.4, -0.2) is 89.7 Å². The lowest BCUT2D eigenvalue weighted by Gasteiger charge is -2.30. The average Bonchev–Trinajstić information content (AvgIpc) is 2.80. The van der Waals surface area contributed by atoms with Crippen molar-refractivity contribution in [1.29, 1.82) is 0 Å². The molecule has 2 heterocycles. The van der Waals surface area contributed by atoms with Crippen LogP contribution in [0.25, 0.3) is 0 Å². The number of benzene rings is 1. The predicted octanol–water partition coefficient (Wildman–Crippen LogP) is 0.264. The number of morpholine rings is 1. The molecule has 2 saturated heterocycles. The minimum Gasteiger partial charge on any atom is -0.494 e. The smallest absolute Gasteiger partial charge is 0.243 e. The molecule has 10 nitrogen and oxygen atoms in total. The summed E-state index contributed by atoms with van der Waals surface area (Å²) < 4.78 is 63.7. The van der Waals surface area contributed by atoms with E-state index in [0.717, 1.165) is 0 Å². The standard InChI is InChI=1S/C20H31N3O7S2/c1-2-30-18-3-5-19(6-4-18)32(27,28)23-10-7-17(8-11-23)20(24)21-9-16-31(25,26)22-12-14-29-15-13-22/h3-6,17H,2,7-16H2,1H3,(H,21,24). The number of hydrogen-bond acceptors (Lipinski definition) is 7. The van der Waals surface area contributed by atoms with Gasteiger partial charge in [-0.2, -0.15) is 8.61 Å². The zero-order chi connectivity index (χ0) is 23.2. The summed E-state index contributed by atoms with van der Waals surface area (Å²) in [6, 6.07) is 6.30. The fourth-order valence-corrected chi connectivity index (χ4v) is 6.58. The third kappa shape index (κ3) is 6.19. The second kappa shape index (κ2) is 10.9. The number of amides is 1. The molecule has 0 aromatic heterocycles. The van der Waals surface area contributed by atoms with E-state index in [9.17, 15) is 21.6 Å². The number of piperidine rings is 1. The number of nitrogens with zero attached hydrogens (tertiary/aromatic N) is 2. The Morgan fingerprint density at radius 1 is 1.03 bits per heavy atom. The number of ether oxygens (including phenoxy) is 2. The van der Waals surface area contributed by atoms with Gasteiger partial charge in [0.15, 0.2) is 0 Å². The Labute approximate surface area is 190 Å². The topological polar surface area (TPSA) is 122 Å². The molecule has 0 saturated carbocycles. The highest BCUT2D eigenvalue weighted by atomic mass is 32.2. The van der Waals surface area contributed by atoms with Crippen molar-refractivity contribution in [3.63, 3.8) is 0 Å². The molecule has 3 rings (SSSR count). The fourth-order valence-electron chi connectivity index (χ4n) is 3.78. The number of rotatable bonds is 9. The summed E-state index contributed by atoms with van der Waals surface area (Å²) in [7, 11) is -7.07. The maximum Gasteiger partial charge on any atom is 0.243 e. The molecule has 2 aliphatic heterocycles. The molecule has 1 amide bonds. The molecule has 0 bridgehead atoms. The van der Waals surface area contributed by atoms with Gasteiger partial charge in [0, 0.05) is 38.6 Å². The lowest BCUT2D eigenvalue weighted by atomic mass is 9.97. The van der Waals surface area contributed by atoms with E-state index in [1.54, 1.807) is 12.1 Å². The van der Waals surface area contributed by atoms with Gasteiger partial charge >= 0.3 is 0 Å². The monoisotopic (exact) mass is 489 g/mol. The van der Waals surface area contributed by atoms with Gasteiger partial charge in [-0.25, -0.2) is 16.8 Å². The first-order chi connectivity index (χ1) is 15.2. The zero-order valence-electron chi connectivity index (χ0n) is 18.2. The molecule has 0 atom stereocenters. The van der Waals surface area contributed by atoms with Crippen LogP contribution in [0.2, 0.25) is 0 Å². The summed E-state index contributed by atoms with van der Waals surface area (Å²) in [5.41, 5.74) is 0. The number of nitrogens with one attached hydrogen (secondary N) is 1. The Hall–Kier alpha value is -1.73. The van der Waals surface area contributed by atoms with Crippen molar-refractivity contribution >= 4 is 26.0 Å². The van der Waals surface area contributed by atoms with E-state index in [1.807, 2.05) is 6.92 Å².